The molecule has 2 aromatic rings. The standard InChI is InChI=1S/C27H40N2O/c1-5-6-8-16-27(22-12-9-7-10-13-22)29-18-17-26(24(21-29)20-28(2)3)23-14-11-15-25(19-23)30-4/h7,9-15,19,24,26-27H,5-6,8,16-18,20-21H2,1-4H3. The molecule has 3 atom stereocenters. The van der Waals surface area contributed by atoms with Crippen LogP contribution in [0, 0.1) is 5.92 Å². The van der Waals surface area contributed by atoms with Crippen molar-refractivity contribution in [3.63, 3.8) is 0 Å². The van der Waals surface area contributed by atoms with E-state index in [0.29, 0.717) is 17.9 Å². The van der Waals surface area contributed by atoms with E-state index in [4.69, 9.17) is 4.74 Å². The molecule has 164 valence electrons. The number of ether oxygens (including phenoxy) is 1. The third-order valence-electron chi connectivity index (χ3n) is 6.59. The van der Waals surface area contributed by atoms with Gasteiger partial charge in [-0.2, -0.15) is 0 Å². The quantitative estimate of drug-likeness (QED) is 0.450. The van der Waals surface area contributed by atoms with Gasteiger partial charge < -0.3 is 9.64 Å². The number of likely N-dealkylation sites (tertiary alicyclic amines) is 1. The van der Waals surface area contributed by atoms with Crippen LogP contribution in [0.25, 0.3) is 0 Å². The first-order valence-electron chi connectivity index (χ1n) is 11.7. The van der Waals surface area contributed by atoms with Gasteiger partial charge in [0.05, 0.1) is 7.11 Å². The molecule has 1 heterocycles. The van der Waals surface area contributed by atoms with Crippen LogP contribution in [0.5, 0.6) is 5.75 Å². The van der Waals surface area contributed by atoms with Gasteiger partial charge in [0.1, 0.15) is 5.75 Å². The normalized spacial score (nSPS) is 21.0. The number of rotatable bonds is 10. The second kappa shape index (κ2) is 11.5. The smallest absolute Gasteiger partial charge is 0.119 e. The molecule has 0 bridgehead atoms. The van der Waals surface area contributed by atoms with E-state index in [9.17, 15) is 0 Å². The molecule has 3 heteroatoms. The molecule has 2 aromatic carbocycles. The van der Waals surface area contributed by atoms with Crippen LogP contribution in [0.1, 0.15) is 62.1 Å². The third kappa shape index (κ3) is 6.09. The Bertz CT molecular complexity index is 746. The number of methoxy groups -OCH3 is 1. The molecule has 0 saturated carbocycles. The summed E-state index contributed by atoms with van der Waals surface area (Å²) in [5, 5.41) is 0. The second-order valence-electron chi connectivity index (χ2n) is 9.11. The Kier molecular flexibility index (Phi) is 8.77. The minimum Gasteiger partial charge on any atom is -0.497 e. The van der Waals surface area contributed by atoms with E-state index < -0.39 is 0 Å². The number of hydrogen-bond donors (Lipinski definition) is 0. The summed E-state index contributed by atoms with van der Waals surface area (Å²) < 4.78 is 5.51. The number of unbranched alkanes of at least 4 members (excludes halogenated alkanes) is 2. The van der Waals surface area contributed by atoms with Gasteiger partial charge >= 0.3 is 0 Å². The van der Waals surface area contributed by atoms with Gasteiger partial charge in [-0.3, -0.25) is 4.90 Å². The average molecular weight is 409 g/mol. The maximum atomic E-state index is 5.51. The summed E-state index contributed by atoms with van der Waals surface area (Å²) in [5.41, 5.74) is 2.92. The van der Waals surface area contributed by atoms with Crippen molar-refractivity contribution in [3.05, 3.63) is 65.7 Å². The number of benzene rings is 2. The van der Waals surface area contributed by atoms with Crippen molar-refractivity contribution in [2.24, 2.45) is 5.92 Å². The van der Waals surface area contributed by atoms with E-state index >= 15 is 0 Å². The highest BCUT2D eigenvalue weighted by molar-refractivity contribution is 5.32. The number of hydrogen-bond acceptors (Lipinski definition) is 3. The largest absolute Gasteiger partial charge is 0.497 e. The Labute approximate surface area is 184 Å². The van der Waals surface area contributed by atoms with Gasteiger partial charge in [-0.25, -0.2) is 0 Å². The van der Waals surface area contributed by atoms with E-state index in [2.05, 4.69) is 85.4 Å². The zero-order valence-corrected chi connectivity index (χ0v) is 19.4. The zero-order valence-electron chi connectivity index (χ0n) is 19.4. The first-order chi connectivity index (χ1) is 14.6. The molecule has 0 radical (unpaired) electrons. The molecular weight excluding hydrogens is 368 g/mol. The van der Waals surface area contributed by atoms with Crippen LogP contribution in [0.15, 0.2) is 54.6 Å². The van der Waals surface area contributed by atoms with Gasteiger partial charge in [0, 0.05) is 19.1 Å². The summed E-state index contributed by atoms with van der Waals surface area (Å²) in [5.74, 6) is 2.18. The fourth-order valence-corrected chi connectivity index (χ4v) is 5.13. The molecule has 0 amide bonds. The molecule has 0 aromatic heterocycles. The lowest BCUT2D eigenvalue weighted by atomic mass is 9.79. The molecule has 30 heavy (non-hydrogen) atoms. The molecule has 0 spiro atoms. The Hall–Kier alpha value is -1.84. The van der Waals surface area contributed by atoms with E-state index in [1.165, 1.54) is 43.2 Å². The summed E-state index contributed by atoms with van der Waals surface area (Å²) >= 11 is 0. The molecule has 1 aliphatic heterocycles. The SMILES string of the molecule is CCCCCC(c1ccccc1)N1CCC(c2cccc(OC)c2)C(CN(C)C)C1. The lowest BCUT2D eigenvalue weighted by Gasteiger charge is -2.44. The lowest BCUT2D eigenvalue weighted by Crippen LogP contribution is -2.45. The predicted octanol–water partition coefficient (Wildman–Crippen LogP) is 5.98. The van der Waals surface area contributed by atoms with Crippen LogP contribution in [0.4, 0.5) is 0 Å². The summed E-state index contributed by atoms with van der Waals surface area (Å²) in [6.07, 6.45) is 6.39. The van der Waals surface area contributed by atoms with Crippen LogP contribution in [-0.4, -0.2) is 50.6 Å². The third-order valence-corrected chi connectivity index (χ3v) is 6.59. The molecule has 3 rings (SSSR count). The first kappa shape index (κ1) is 22.8. The Balaban J connectivity index is 1.81. The van der Waals surface area contributed by atoms with Crippen LogP contribution in [0.2, 0.25) is 0 Å². The maximum Gasteiger partial charge on any atom is 0.119 e. The predicted molar refractivity (Wildman–Crippen MR) is 127 cm³/mol. The van der Waals surface area contributed by atoms with Crippen molar-refractivity contribution in [2.75, 3.05) is 40.8 Å². The van der Waals surface area contributed by atoms with Crippen molar-refractivity contribution in [1.82, 2.24) is 9.80 Å². The summed E-state index contributed by atoms with van der Waals surface area (Å²) in [6.45, 7) is 5.74. The van der Waals surface area contributed by atoms with Crippen LogP contribution in [-0.2, 0) is 0 Å². The summed E-state index contributed by atoms with van der Waals surface area (Å²) in [4.78, 5) is 5.13. The van der Waals surface area contributed by atoms with E-state index in [1.54, 1.807) is 7.11 Å². The van der Waals surface area contributed by atoms with E-state index in [1.807, 2.05) is 0 Å². The van der Waals surface area contributed by atoms with Crippen LogP contribution < -0.4 is 4.74 Å². The van der Waals surface area contributed by atoms with Crippen molar-refractivity contribution in [1.29, 1.82) is 0 Å². The van der Waals surface area contributed by atoms with Gasteiger partial charge in [0.2, 0.25) is 0 Å². The maximum absolute atomic E-state index is 5.51. The fourth-order valence-electron chi connectivity index (χ4n) is 5.13. The number of piperidine rings is 1. The highest BCUT2D eigenvalue weighted by Gasteiger charge is 2.34. The number of nitrogens with zero attached hydrogens (tertiary/aromatic N) is 2. The molecule has 1 aliphatic rings. The van der Waals surface area contributed by atoms with Crippen molar-refractivity contribution >= 4 is 0 Å². The van der Waals surface area contributed by atoms with Gasteiger partial charge in [-0.1, -0.05) is 68.7 Å². The molecule has 3 unspecified atom stereocenters. The van der Waals surface area contributed by atoms with Crippen molar-refractivity contribution in [2.45, 2.75) is 51.0 Å². The second-order valence-corrected chi connectivity index (χ2v) is 9.11. The minimum atomic E-state index is 0.536. The Morgan fingerprint density at radius 3 is 2.57 bits per heavy atom. The highest BCUT2D eigenvalue weighted by atomic mass is 16.5. The zero-order chi connectivity index (χ0) is 21.3. The van der Waals surface area contributed by atoms with Gasteiger partial charge in [-0.05, 0) is 68.6 Å². The molecular formula is C27H40N2O. The topological polar surface area (TPSA) is 15.7 Å². The van der Waals surface area contributed by atoms with E-state index in [-0.39, 0.29) is 0 Å². The van der Waals surface area contributed by atoms with E-state index in [0.717, 1.165) is 25.4 Å². The Morgan fingerprint density at radius 1 is 1.07 bits per heavy atom. The summed E-state index contributed by atoms with van der Waals surface area (Å²) in [7, 11) is 6.18. The average Bonchev–Trinajstić information content (AvgIpc) is 2.77. The van der Waals surface area contributed by atoms with Crippen molar-refractivity contribution in [3.8, 4) is 5.75 Å². The Morgan fingerprint density at radius 2 is 1.87 bits per heavy atom. The minimum absolute atomic E-state index is 0.536. The first-order valence-corrected chi connectivity index (χ1v) is 11.7. The van der Waals surface area contributed by atoms with Gasteiger partial charge in [-0.15, -0.1) is 0 Å². The van der Waals surface area contributed by atoms with Crippen LogP contribution >= 0.6 is 0 Å². The lowest BCUT2D eigenvalue weighted by molar-refractivity contribution is 0.0866. The summed E-state index contributed by atoms with van der Waals surface area (Å²) in [6, 6.07) is 20.5. The molecule has 1 fully saturated rings. The van der Waals surface area contributed by atoms with Gasteiger partial charge in [0.15, 0.2) is 0 Å². The molecule has 0 aliphatic carbocycles. The van der Waals surface area contributed by atoms with Gasteiger partial charge in [0.25, 0.3) is 0 Å². The molecule has 0 N–H and O–H groups in total. The monoisotopic (exact) mass is 408 g/mol. The van der Waals surface area contributed by atoms with Crippen molar-refractivity contribution < 1.29 is 4.74 Å². The molecule has 3 nitrogen and oxygen atoms in total. The highest BCUT2D eigenvalue weighted by Crippen LogP contribution is 2.39. The fraction of sp³-hybridized carbons (Fsp3) is 0.556. The molecule has 1 saturated heterocycles. The van der Waals surface area contributed by atoms with Crippen LogP contribution in [0.3, 0.4) is 0 Å².